The normalized spacial score (nSPS) is 15.5. The predicted octanol–water partition coefficient (Wildman–Crippen LogP) is 1.08. The third-order valence-corrected chi connectivity index (χ3v) is 4.93. The minimum absolute atomic E-state index is 0.196. The molecule has 0 aromatic heterocycles. The molecule has 5 nitrogen and oxygen atoms in total. The second-order valence-corrected chi connectivity index (χ2v) is 6.18. The van der Waals surface area contributed by atoms with Gasteiger partial charge in [0.2, 0.25) is 0 Å². The van der Waals surface area contributed by atoms with Gasteiger partial charge in [-0.1, -0.05) is 12.1 Å². The summed E-state index contributed by atoms with van der Waals surface area (Å²) < 4.78 is 23.7. The van der Waals surface area contributed by atoms with Crippen LogP contribution in [0.15, 0.2) is 29.2 Å². The zero-order valence-corrected chi connectivity index (χ0v) is 9.70. The van der Waals surface area contributed by atoms with Crippen LogP contribution in [0.5, 0.6) is 0 Å². The Morgan fingerprint density at radius 3 is 2.18 bits per heavy atom. The Bertz CT molecular complexity index is 570. The molecule has 2 N–H and O–H groups in total. The van der Waals surface area contributed by atoms with Crippen LogP contribution in [-0.2, 0) is 14.6 Å². The van der Waals surface area contributed by atoms with Gasteiger partial charge in [0.15, 0.2) is 9.84 Å². The fourth-order valence-electron chi connectivity index (χ4n) is 1.51. The van der Waals surface area contributed by atoms with E-state index in [0.29, 0.717) is 12.8 Å². The van der Waals surface area contributed by atoms with Crippen molar-refractivity contribution in [3.8, 4) is 0 Å². The molecule has 2 rings (SSSR count). The van der Waals surface area contributed by atoms with E-state index in [-0.39, 0.29) is 15.7 Å². The van der Waals surface area contributed by atoms with Crippen LogP contribution >= 0.6 is 0 Å². The summed E-state index contributed by atoms with van der Waals surface area (Å²) in [6.45, 7) is 0. The summed E-state index contributed by atoms with van der Waals surface area (Å²) in [6, 6.07) is 5.43. The van der Waals surface area contributed by atoms with Crippen molar-refractivity contribution in [1.82, 2.24) is 0 Å². The first-order valence-electron chi connectivity index (χ1n) is 5.09. The average molecular weight is 253 g/mol. The van der Waals surface area contributed by atoms with Gasteiger partial charge in [-0.2, -0.15) is 0 Å². The molecule has 0 atom stereocenters. The third-order valence-electron chi connectivity index (χ3n) is 2.65. The molecule has 90 valence electrons. The number of benzene rings is 1. The van der Waals surface area contributed by atoms with Gasteiger partial charge in [-0.15, -0.1) is 0 Å². The van der Waals surface area contributed by atoms with Crippen LogP contribution in [0.25, 0.3) is 0 Å². The van der Waals surface area contributed by atoms with Crippen molar-refractivity contribution >= 4 is 21.5 Å². The molecule has 1 aliphatic carbocycles. The number of rotatable bonds is 4. The van der Waals surface area contributed by atoms with Gasteiger partial charge < -0.3 is 5.11 Å². The monoisotopic (exact) mass is 253 g/mol. The molecule has 0 aliphatic heterocycles. The Balaban J connectivity index is 2.30. The smallest absolute Gasteiger partial charge is 0.354 e. The maximum Gasteiger partial charge on any atom is 0.354 e. The van der Waals surface area contributed by atoms with E-state index < -0.39 is 21.5 Å². The van der Waals surface area contributed by atoms with E-state index in [1.165, 1.54) is 24.3 Å². The number of hydrogen-bond donors (Lipinski definition) is 2. The molecule has 0 spiro atoms. The van der Waals surface area contributed by atoms with Crippen LogP contribution < -0.4 is 0 Å². The molecule has 0 heterocycles. The molecule has 0 unspecified atom stereocenters. The lowest BCUT2D eigenvalue weighted by Crippen LogP contribution is -2.13. The molecule has 1 aromatic rings. The van der Waals surface area contributed by atoms with Crippen molar-refractivity contribution in [3.05, 3.63) is 29.8 Å². The number of carboxylic acid groups (broad SMARTS) is 1. The van der Waals surface area contributed by atoms with Gasteiger partial charge in [0.1, 0.15) is 5.71 Å². The Kier molecular flexibility index (Phi) is 2.74. The van der Waals surface area contributed by atoms with Gasteiger partial charge in [-0.05, 0) is 25.0 Å². The minimum Gasteiger partial charge on any atom is -0.477 e. The van der Waals surface area contributed by atoms with Crippen molar-refractivity contribution in [3.63, 3.8) is 0 Å². The first-order chi connectivity index (χ1) is 7.93. The molecule has 0 bridgehead atoms. The molecule has 6 heteroatoms. The quantitative estimate of drug-likeness (QED) is 0.785. The highest BCUT2D eigenvalue weighted by Crippen LogP contribution is 2.33. The van der Waals surface area contributed by atoms with Crippen molar-refractivity contribution in [2.45, 2.75) is 23.0 Å². The van der Waals surface area contributed by atoms with Crippen molar-refractivity contribution in [2.24, 2.45) is 0 Å². The summed E-state index contributed by atoms with van der Waals surface area (Å²) in [5, 5.41) is 15.6. The predicted molar refractivity (Wildman–Crippen MR) is 61.1 cm³/mol. The van der Waals surface area contributed by atoms with E-state index in [4.69, 9.17) is 10.5 Å². The molecule has 1 fully saturated rings. The van der Waals surface area contributed by atoms with Crippen molar-refractivity contribution < 1.29 is 18.3 Å². The van der Waals surface area contributed by atoms with Crippen LogP contribution in [0.4, 0.5) is 0 Å². The highest BCUT2D eigenvalue weighted by Gasteiger charge is 2.36. The SMILES string of the molecule is N=C(C(=O)O)c1ccc(S(=O)(=O)C2CC2)cc1. The summed E-state index contributed by atoms with van der Waals surface area (Å²) in [6.07, 6.45) is 1.38. The standard InChI is InChI=1S/C11H11NO4S/c12-10(11(13)14)7-1-3-8(4-2-7)17(15,16)9-5-6-9/h1-4,9,12H,5-6H2,(H,13,14). The topological polar surface area (TPSA) is 95.3 Å². The maximum absolute atomic E-state index is 11.8. The highest BCUT2D eigenvalue weighted by molar-refractivity contribution is 7.92. The average Bonchev–Trinajstić information content (AvgIpc) is 3.12. The fourth-order valence-corrected chi connectivity index (χ4v) is 3.16. The van der Waals surface area contributed by atoms with Gasteiger partial charge in [0.05, 0.1) is 10.1 Å². The highest BCUT2D eigenvalue weighted by atomic mass is 32.2. The Labute approximate surface area is 98.5 Å². The largest absolute Gasteiger partial charge is 0.477 e. The molecule has 1 aromatic carbocycles. The second kappa shape index (κ2) is 3.96. The van der Waals surface area contributed by atoms with Gasteiger partial charge in [-0.3, -0.25) is 5.41 Å². The lowest BCUT2D eigenvalue weighted by molar-refractivity contribution is -0.129. The Morgan fingerprint density at radius 2 is 1.76 bits per heavy atom. The molecular formula is C11H11NO4S. The molecule has 17 heavy (non-hydrogen) atoms. The van der Waals surface area contributed by atoms with E-state index in [1.54, 1.807) is 0 Å². The van der Waals surface area contributed by atoms with E-state index in [2.05, 4.69) is 0 Å². The number of hydrogen-bond acceptors (Lipinski definition) is 4. The van der Waals surface area contributed by atoms with E-state index >= 15 is 0 Å². The van der Waals surface area contributed by atoms with Gasteiger partial charge >= 0.3 is 5.97 Å². The van der Waals surface area contributed by atoms with Crippen LogP contribution in [0.2, 0.25) is 0 Å². The summed E-state index contributed by atoms with van der Waals surface area (Å²) in [4.78, 5) is 10.8. The number of aliphatic carboxylic acids is 1. The van der Waals surface area contributed by atoms with E-state index in [0.717, 1.165) is 0 Å². The van der Waals surface area contributed by atoms with E-state index in [9.17, 15) is 13.2 Å². The van der Waals surface area contributed by atoms with Crippen LogP contribution in [-0.4, -0.2) is 30.5 Å². The third kappa shape index (κ3) is 2.21. The number of sulfone groups is 1. The van der Waals surface area contributed by atoms with Gasteiger partial charge in [-0.25, -0.2) is 13.2 Å². The second-order valence-electron chi connectivity index (χ2n) is 3.95. The fraction of sp³-hybridized carbons (Fsp3) is 0.273. The van der Waals surface area contributed by atoms with Crippen LogP contribution in [0, 0.1) is 5.41 Å². The molecule has 0 radical (unpaired) electrons. The van der Waals surface area contributed by atoms with Crippen LogP contribution in [0.1, 0.15) is 18.4 Å². The number of nitrogens with one attached hydrogen (secondary N) is 1. The van der Waals surface area contributed by atoms with Crippen molar-refractivity contribution in [1.29, 1.82) is 5.41 Å². The van der Waals surface area contributed by atoms with E-state index in [1.807, 2.05) is 0 Å². The van der Waals surface area contributed by atoms with Crippen LogP contribution in [0.3, 0.4) is 0 Å². The Hall–Kier alpha value is -1.69. The zero-order valence-electron chi connectivity index (χ0n) is 8.88. The zero-order chi connectivity index (χ0) is 12.6. The molecule has 1 aliphatic rings. The number of carboxylic acids is 1. The molecule has 0 saturated heterocycles. The molecular weight excluding hydrogens is 242 g/mol. The van der Waals surface area contributed by atoms with Gasteiger partial charge in [0, 0.05) is 5.56 Å². The number of carbonyl (C=O) groups is 1. The minimum atomic E-state index is -3.25. The lowest BCUT2D eigenvalue weighted by Gasteiger charge is -2.03. The maximum atomic E-state index is 11.8. The summed E-state index contributed by atoms with van der Waals surface area (Å²) in [5.74, 6) is -1.33. The lowest BCUT2D eigenvalue weighted by atomic mass is 10.1. The first kappa shape index (κ1) is 11.8. The summed E-state index contributed by atoms with van der Waals surface area (Å²) in [5.41, 5.74) is -0.340. The Morgan fingerprint density at radius 1 is 1.24 bits per heavy atom. The van der Waals surface area contributed by atoms with Gasteiger partial charge in [0.25, 0.3) is 0 Å². The summed E-state index contributed by atoms with van der Waals surface area (Å²) >= 11 is 0. The molecule has 0 amide bonds. The first-order valence-corrected chi connectivity index (χ1v) is 6.64. The van der Waals surface area contributed by atoms with Crippen molar-refractivity contribution in [2.75, 3.05) is 0 Å². The summed E-state index contributed by atoms with van der Waals surface area (Å²) in [7, 11) is -3.25. The molecule has 1 saturated carbocycles.